The lowest BCUT2D eigenvalue weighted by atomic mass is 9.97. The first-order valence-corrected chi connectivity index (χ1v) is 16.5. The van der Waals surface area contributed by atoms with Crippen LogP contribution in [-0.2, 0) is 47.8 Å². The van der Waals surface area contributed by atoms with E-state index in [9.17, 15) is 38.6 Å². The van der Waals surface area contributed by atoms with Crippen molar-refractivity contribution in [1.82, 2.24) is 14.3 Å². The summed E-state index contributed by atoms with van der Waals surface area (Å²) in [5, 5.41) is 25.7. The normalized spacial score (nSPS) is 28.6. The molecule has 45 heavy (non-hydrogen) atoms. The van der Waals surface area contributed by atoms with Gasteiger partial charge in [-0.2, -0.15) is 4.31 Å². The van der Waals surface area contributed by atoms with E-state index in [0.717, 1.165) is 21.4 Å². The second-order valence-electron chi connectivity index (χ2n) is 11.2. The van der Waals surface area contributed by atoms with Crippen LogP contribution in [0.5, 0.6) is 0 Å². The second kappa shape index (κ2) is 12.6. The summed E-state index contributed by atoms with van der Waals surface area (Å²) in [6.07, 6.45) is -6.93. The Morgan fingerprint density at radius 1 is 1.18 bits per heavy atom. The number of para-hydroxylation sites is 1. The third kappa shape index (κ3) is 7.36. The average Bonchev–Trinajstić information content (AvgIpc) is 3.49. The number of aromatic nitrogens is 3. The van der Waals surface area contributed by atoms with Crippen LogP contribution in [0.25, 0.3) is 11.0 Å². The van der Waals surface area contributed by atoms with Gasteiger partial charge in [0.1, 0.15) is 24.0 Å². The van der Waals surface area contributed by atoms with E-state index in [1.165, 1.54) is 0 Å². The summed E-state index contributed by atoms with van der Waals surface area (Å²) < 4.78 is 62.4. The summed E-state index contributed by atoms with van der Waals surface area (Å²) in [4.78, 5) is 48.2. The zero-order valence-corrected chi connectivity index (χ0v) is 25.9. The number of rotatable bonds is 9. The maximum Gasteiger partial charge on any atom is 0.486 e. The molecule has 0 spiro atoms. The topological polar surface area (TPSA) is 237 Å². The second-order valence-corrected chi connectivity index (χ2v) is 14.4. The van der Waals surface area contributed by atoms with Gasteiger partial charge >= 0.3 is 27.3 Å². The summed E-state index contributed by atoms with van der Waals surface area (Å²) >= 11 is 0. The molecular weight excluding hydrogens is 644 g/mol. The summed E-state index contributed by atoms with van der Waals surface area (Å²) in [7, 11) is -10.0. The van der Waals surface area contributed by atoms with E-state index < -0.39 is 75.7 Å². The molecule has 4 heterocycles. The van der Waals surface area contributed by atoms with Crippen molar-refractivity contribution in [2.24, 2.45) is 5.41 Å². The molecule has 0 bridgehead atoms. The number of ether oxygens (including phenoxy) is 2. The summed E-state index contributed by atoms with van der Waals surface area (Å²) in [6.45, 7) is 3.25. The van der Waals surface area contributed by atoms with Crippen LogP contribution in [0.15, 0.2) is 50.6 Å². The Labute approximate surface area is 254 Å². The van der Waals surface area contributed by atoms with Gasteiger partial charge in [0, 0.05) is 24.1 Å². The lowest BCUT2D eigenvalue weighted by Gasteiger charge is -2.30. The van der Waals surface area contributed by atoms with Gasteiger partial charge in [-0.25, -0.2) is 18.4 Å². The standard InChI is InChI=1S/C25H31N3O15P2/c1-25(2,3)23(32)40-19-9-11-37-45(36,42-19)43-44(34,35)38-13-17-20(30)21(31)22(39-17)27-10-8-18(29)28(24(27)33)12-15-14-6-4-5-7-16(14)41-26-15/h4-8,10,17,19-22,30-31H,9,11-13H2,1-3H3,(H,34,35)/t17-,19?,20-,21-,22-,45?/m1/s1. The van der Waals surface area contributed by atoms with Gasteiger partial charge in [-0.1, -0.05) is 17.3 Å². The molecule has 0 saturated carbocycles. The lowest BCUT2D eigenvalue weighted by molar-refractivity contribution is -0.181. The number of carbonyl (C=O) groups excluding carboxylic acids is 1. The number of fused-ring (bicyclic) bond motifs is 1. The van der Waals surface area contributed by atoms with Crippen molar-refractivity contribution in [3.8, 4) is 0 Å². The number of benzene rings is 1. The molecule has 2 saturated heterocycles. The predicted octanol–water partition coefficient (Wildman–Crippen LogP) is 1.41. The van der Waals surface area contributed by atoms with Gasteiger partial charge in [-0.05, 0) is 32.9 Å². The minimum atomic E-state index is -5.24. The predicted molar refractivity (Wildman–Crippen MR) is 149 cm³/mol. The minimum Gasteiger partial charge on any atom is -0.435 e. The van der Waals surface area contributed by atoms with Gasteiger partial charge < -0.3 is 29.1 Å². The molecule has 2 aliphatic rings. The fraction of sp³-hybridized carbons (Fsp3) is 0.520. The van der Waals surface area contributed by atoms with E-state index in [1.54, 1.807) is 45.0 Å². The van der Waals surface area contributed by atoms with Crippen LogP contribution in [0.2, 0.25) is 0 Å². The number of hydrogen-bond acceptors (Lipinski definition) is 15. The summed E-state index contributed by atoms with van der Waals surface area (Å²) in [5.74, 6) is -0.689. The van der Waals surface area contributed by atoms with E-state index in [4.69, 9.17) is 27.6 Å². The summed E-state index contributed by atoms with van der Waals surface area (Å²) in [5.41, 5.74) is -1.79. The molecule has 20 heteroatoms. The number of hydrogen-bond donors (Lipinski definition) is 3. The number of carbonyl (C=O) groups is 1. The van der Waals surface area contributed by atoms with E-state index in [-0.39, 0.29) is 19.6 Å². The molecule has 3 unspecified atom stereocenters. The van der Waals surface area contributed by atoms with Crippen molar-refractivity contribution < 1.29 is 60.9 Å². The van der Waals surface area contributed by atoms with E-state index in [2.05, 4.69) is 9.47 Å². The quantitative estimate of drug-likeness (QED) is 0.215. The highest BCUT2D eigenvalue weighted by Crippen LogP contribution is 2.65. The molecule has 18 nitrogen and oxygen atoms in total. The van der Waals surface area contributed by atoms with Crippen LogP contribution < -0.4 is 11.2 Å². The van der Waals surface area contributed by atoms with Crippen LogP contribution in [0.1, 0.15) is 39.1 Å². The van der Waals surface area contributed by atoms with Crippen LogP contribution >= 0.6 is 15.6 Å². The molecular formula is C25H31N3O15P2. The van der Waals surface area contributed by atoms with Crippen LogP contribution in [-0.4, -0.2) is 73.2 Å². The molecule has 0 amide bonds. The van der Waals surface area contributed by atoms with Crippen LogP contribution in [0.3, 0.4) is 0 Å². The van der Waals surface area contributed by atoms with Crippen molar-refractivity contribution >= 4 is 32.6 Å². The van der Waals surface area contributed by atoms with Gasteiger partial charge in [0.25, 0.3) is 5.56 Å². The summed E-state index contributed by atoms with van der Waals surface area (Å²) in [6, 6.07) is 7.86. The zero-order chi connectivity index (χ0) is 32.7. The molecule has 3 N–H and O–H groups in total. The Morgan fingerprint density at radius 2 is 1.91 bits per heavy atom. The first kappa shape index (κ1) is 33.3. The Kier molecular flexibility index (Phi) is 9.37. The Morgan fingerprint density at radius 3 is 2.64 bits per heavy atom. The highest BCUT2D eigenvalue weighted by atomic mass is 31.3. The number of aliphatic hydroxyl groups excluding tert-OH is 2. The molecule has 3 aromatic rings. The van der Waals surface area contributed by atoms with E-state index >= 15 is 0 Å². The Hall–Kier alpha value is -3.02. The molecule has 0 radical (unpaired) electrons. The largest absolute Gasteiger partial charge is 0.486 e. The first-order valence-electron chi connectivity index (χ1n) is 13.6. The number of phosphoric acid groups is 2. The van der Waals surface area contributed by atoms with Crippen molar-refractivity contribution in [1.29, 1.82) is 0 Å². The number of phosphoric ester groups is 2. The fourth-order valence-corrected chi connectivity index (χ4v) is 7.10. The van der Waals surface area contributed by atoms with Crippen LogP contribution in [0.4, 0.5) is 0 Å². The van der Waals surface area contributed by atoms with Crippen LogP contribution in [0, 0.1) is 5.41 Å². The molecule has 246 valence electrons. The molecule has 7 atom stereocenters. The van der Waals surface area contributed by atoms with Gasteiger partial charge in [0.2, 0.25) is 6.29 Å². The first-order chi connectivity index (χ1) is 21.1. The molecule has 2 aromatic heterocycles. The maximum absolute atomic E-state index is 13.3. The zero-order valence-electron chi connectivity index (χ0n) is 24.2. The van der Waals surface area contributed by atoms with Gasteiger partial charge in [-0.15, -0.1) is 0 Å². The Balaban J connectivity index is 1.25. The third-order valence-corrected chi connectivity index (χ3v) is 9.87. The van der Waals surface area contributed by atoms with E-state index in [0.29, 0.717) is 16.7 Å². The van der Waals surface area contributed by atoms with Crippen molar-refractivity contribution in [2.45, 2.75) is 64.6 Å². The van der Waals surface area contributed by atoms with Gasteiger partial charge in [0.05, 0.1) is 25.2 Å². The lowest BCUT2D eigenvalue weighted by Crippen LogP contribution is -2.43. The molecule has 1 aromatic carbocycles. The van der Waals surface area contributed by atoms with Crippen molar-refractivity contribution in [3.05, 3.63) is 63.1 Å². The SMILES string of the molecule is CC(C)(C)C(=O)OC1CCOP(=O)(OP(=O)(O)OC[C@H]2O[C@@H](n3ccc(=O)n(Cc4noc5ccccc45)c3=O)[C@H](O)[C@@H]2O)O1. The average molecular weight is 675 g/mol. The van der Waals surface area contributed by atoms with Gasteiger partial charge in [-0.3, -0.25) is 27.8 Å². The molecule has 5 rings (SSSR count). The monoisotopic (exact) mass is 675 g/mol. The number of aliphatic hydroxyl groups is 2. The molecule has 2 fully saturated rings. The highest BCUT2D eigenvalue weighted by molar-refractivity contribution is 7.61. The highest BCUT2D eigenvalue weighted by Gasteiger charge is 2.48. The maximum atomic E-state index is 13.3. The minimum absolute atomic E-state index is 0.0327. The Bertz CT molecular complexity index is 1780. The molecule has 2 aliphatic heterocycles. The number of nitrogens with zero attached hydrogens (tertiary/aromatic N) is 3. The fourth-order valence-electron chi connectivity index (χ4n) is 4.39. The smallest absolute Gasteiger partial charge is 0.435 e. The van der Waals surface area contributed by atoms with E-state index in [1.807, 2.05) is 0 Å². The molecule has 0 aliphatic carbocycles. The third-order valence-electron chi connectivity index (χ3n) is 6.77. The van der Waals surface area contributed by atoms with Crippen molar-refractivity contribution in [3.63, 3.8) is 0 Å². The number of esters is 1. The van der Waals surface area contributed by atoms with Gasteiger partial charge in [0.15, 0.2) is 11.8 Å². The van der Waals surface area contributed by atoms with Crippen molar-refractivity contribution in [2.75, 3.05) is 13.2 Å².